The van der Waals surface area contributed by atoms with E-state index in [0.29, 0.717) is 39.8 Å². The Bertz CT molecular complexity index is 1590. The van der Waals surface area contributed by atoms with Crippen LogP contribution in [0.1, 0.15) is 53.4 Å². The van der Waals surface area contributed by atoms with Crippen LogP contribution in [-0.4, -0.2) is 39.6 Å². The predicted octanol–water partition coefficient (Wildman–Crippen LogP) is 6.00. The highest BCUT2D eigenvalue weighted by atomic mass is 35.5. The predicted molar refractivity (Wildman–Crippen MR) is 166 cm³/mol. The second-order valence-electron chi connectivity index (χ2n) is 10.9. The second-order valence-corrected chi connectivity index (χ2v) is 11.3. The molecule has 8 nitrogen and oxygen atoms in total. The number of aliphatic carboxylic acids is 1. The van der Waals surface area contributed by atoms with E-state index < -0.39 is 17.6 Å². The van der Waals surface area contributed by atoms with E-state index in [-0.39, 0.29) is 18.5 Å². The summed E-state index contributed by atoms with van der Waals surface area (Å²) >= 11 is 6.59. The van der Waals surface area contributed by atoms with E-state index in [4.69, 9.17) is 16.3 Å². The van der Waals surface area contributed by atoms with Crippen LogP contribution in [0.25, 0.3) is 0 Å². The summed E-state index contributed by atoms with van der Waals surface area (Å²) < 4.78 is 6.16. The molecule has 0 spiro atoms. The van der Waals surface area contributed by atoms with Crippen molar-refractivity contribution in [3.8, 4) is 6.01 Å². The molecule has 2 N–H and O–H groups in total. The number of anilines is 1. The van der Waals surface area contributed by atoms with Crippen LogP contribution < -0.4 is 15.0 Å². The van der Waals surface area contributed by atoms with Crippen molar-refractivity contribution in [2.24, 2.45) is 0 Å². The molecule has 5 rings (SSSR count). The number of hydrogen-bond acceptors (Lipinski definition) is 6. The van der Waals surface area contributed by atoms with Crippen molar-refractivity contribution in [2.45, 2.75) is 58.2 Å². The van der Waals surface area contributed by atoms with Gasteiger partial charge in [-0.1, -0.05) is 79.5 Å². The molecular formula is C34H35ClN4O4. The largest absolute Gasteiger partial charge is 0.478 e. The van der Waals surface area contributed by atoms with Gasteiger partial charge in [0.05, 0.1) is 13.1 Å². The molecule has 0 aliphatic carbocycles. The lowest BCUT2D eigenvalue weighted by atomic mass is 9.77. The van der Waals surface area contributed by atoms with Gasteiger partial charge in [0.25, 0.3) is 0 Å². The summed E-state index contributed by atoms with van der Waals surface area (Å²) in [5.41, 5.74) is 3.56. The van der Waals surface area contributed by atoms with Crippen molar-refractivity contribution < 1.29 is 19.4 Å². The normalized spacial score (nSPS) is 17.2. The number of fused-ring (bicyclic) bond motifs is 1. The van der Waals surface area contributed by atoms with E-state index in [0.717, 1.165) is 24.8 Å². The van der Waals surface area contributed by atoms with E-state index in [1.807, 2.05) is 42.5 Å². The third kappa shape index (κ3) is 6.40. The van der Waals surface area contributed by atoms with Crippen molar-refractivity contribution in [3.05, 3.63) is 118 Å². The number of nitrogens with one attached hydrogen (secondary N) is 1. The maximum atomic E-state index is 13.9. The number of carbonyl (C=O) groups is 2. The molecule has 2 atom stereocenters. The Labute approximate surface area is 256 Å². The number of hydrogen-bond donors (Lipinski definition) is 2. The van der Waals surface area contributed by atoms with Gasteiger partial charge in [-0.15, -0.1) is 0 Å². The first-order valence-electron chi connectivity index (χ1n) is 14.4. The van der Waals surface area contributed by atoms with E-state index in [1.54, 1.807) is 43.0 Å². The Balaban J connectivity index is 1.66. The van der Waals surface area contributed by atoms with Gasteiger partial charge in [-0.25, -0.2) is 14.8 Å². The smallest absolute Gasteiger partial charge is 0.347 e. The van der Waals surface area contributed by atoms with Gasteiger partial charge in [-0.05, 0) is 67.6 Å². The molecule has 0 radical (unpaired) electrons. The molecule has 1 amide bonds. The summed E-state index contributed by atoms with van der Waals surface area (Å²) in [6.07, 6.45) is 1.67. The number of carboxylic acid groups (broad SMARTS) is 1. The highest BCUT2D eigenvalue weighted by Gasteiger charge is 2.52. The van der Waals surface area contributed by atoms with Crippen LogP contribution in [0.2, 0.25) is 5.02 Å². The Morgan fingerprint density at radius 2 is 1.70 bits per heavy atom. The molecule has 2 unspecified atom stereocenters. The summed E-state index contributed by atoms with van der Waals surface area (Å²) in [6.45, 7) is 5.89. The first-order valence-corrected chi connectivity index (χ1v) is 14.8. The maximum Gasteiger partial charge on any atom is 0.347 e. The summed E-state index contributed by atoms with van der Waals surface area (Å²) in [5, 5.41) is 14.4. The number of nitrogens with zero attached hydrogens (tertiary/aromatic N) is 3. The molecule has 4 aromatic rings. The first-order chi connectivity index (χ1) is 20.7. The molecule has 0 saturated heterocycles. The number of ether oxygens (including phenoxy) is 1. The molecule has 0 fully saturated rings. The number of rotatable bonds is 10. The van der Waals surface area contributed by atoms with Gasteiger partial charge in [-0.3, -0.25) is 10.1 Å². The minimum absolute atomic E-state index is 0.0684. The highest BCUT2D eigenvalue weighted by molar-refractivity contribution is 6.30. The van der Waals surface area contributed by atoms with Crippen LogP contribution in [0.5, 0.6) is 6.01 Å². The van der Waals surface area contributed by atoms with E-state index in [2.05, 4.69) is 34.3 Å². The topological polar surface area (TPSA) is 105 Å². The second kappa shape index (κ2) is 12.9. The number of amides is 1. The highest BCUT2D eigenvalue weighted by Crippen LogP contribution is 2.43. The van der Waals surface area contributed by atoms with E-state index in [9.17, 15) is 14.7 Å². The van der Waals surface area contributed by atoms with Crippen LogP contribution in [0.3, 0.4) is 0 Å². The summed E-state index contributed by atoms with van der Waals surface area (Å²) in [6, 6.07) is 24.3. The lowest BCUT2D eigenvalue weighted by Crippen LogP contribution is -2.58. The third-order valence-corrected chi connectivity index (χ3v) is 7.94. The van der Waals surface area contributed by atoms with Gasteiger partial charge in [0, 0.05) is 27.7 Å². The van der Waals surface area contributed by atoms with Gasteiger partial charge in [0.1, 0.15) is 5.54 Å². The number of unbranched alkanes of at least 4 members (excludes halogenated alkanes) is 1. The monoisotopic (exact) mass is 598 g/mol. The number of carbonyl (C=O) groups excluding carboxylic acids is 1. The molecular weight excluding hydrogens is 564 g/mol. The molecule has 3 aromatic carbocycles. The molecule has 222 valence electrons. The van der Waals surface area contributed by atoms with E-state index in [1.165, 1.54) is 5.56 Å². The zero-order valence-corrected chi connectivity index (χ0v) is 25.3. The van der Waals surface area contributed by atoms with Crippen molar-refractivity contribution >= 4 is 29.2 Å². The zero-order chi connectivity index (χ0) is 30.6. The first kappa shape index (κ1) is 30.2. The Kier molecular flexibility index (Phi) is 9.08. The minimum Gasteiger partial charge on any atom is -0.478 e. The van der Waals surface area contributed by atoms with Crippen LogP contribution in [0.4, 0.5) is 5.69 Å². The molecule has 2 heterocycles. The SMILES string of the molecule is CCCCc1ccc(CN2C(=O)CNC(c3ccccc3)(C(Oc3nc(C)cc(C)n3)C(=O)O)c3cc(Cl)ccc32)cc1. The quantitative estimate of drug-likeness (QED) is 0.231. The molecule has 0 bridgehead atoms. The molecule has 1 aromatic heterocycles. The Hall–Kier alpha value is -4.27. The van der Waals surface area contributed by atoms with Crippen molar-refractivity contribution in [1.82, 2.24) is 15.3 Å². The van der Waals surface area contributed by atoms with Crippen LogP contribution in [0, 0.1) is 13.8 Å². The lowest BCUT2D eigenvalue weighted by molar-refractivity contribution is -0.149. The average Bonchev–Trinajstić information content (AvgIpc) is 3.10. The average molecular weight is 599 g/mol. The minimum atomic E-state index is -1.57. The fourth-order valence-electron chi connectivity index (χ4n) is 5.67. The molecule has 1 aliphatic heterocycles. The summed E-state index contributed by atoms with van der Waals surface area (Å²) in [4.78, 5) is 37.4. The standard InChI is InChI=1S/C34H35ClN4O4/c1-4-5-9-24-12-14-25(15-13-24)21-39-29-17-16-27(35)19-28(29)34(36-20-30(39)40,26-10-7-6-8-11-26)31(32(41)42)43-33-37-22(2)18-23(3)38-33/h6-8,10-19,31,36H,4-5,9,20-21H2,1-3H3,(H,41,42). The van der Waals surface area contributed by atoms with Crippen molar-refractivity contribution in [2.75, 3.05) is 11.4 Å². The van der Waals surface area contributed by atoms with Gasteiger partial charge < -0.3 is 14.7 Å². The Morgan fingerprint density at radius 1 is 1.02 bits per heavy atom. The fraction of sp³-hybridized carbons (Fsp3) is 0.294. The van der Waals surface area contributed by atoms with Crippen LogP contribution in [0.15, 0.2) is 78.9 Å². The summed E-state index contributed by atoms with van der Waals surface area (Å²) in [7, 11) is 0. The van der Waals surface area contributed by atoms with Gasteiger partial charge in [0.2, 0.25) is 12.0 Å². The van der Waals surface area contributed by atoms with Gasteiger partial charge in [0.15, 0.2) is 0 Å². The molecule has 43 heavy (non-hydrogen) atoms. The molecule has 0 saturated carbocycles. The van der Waals surface area contributed by atoms with Crippen molar-refractivity contribution in [1.29, 1.82) is 0 Å². The zero-order valence-electron chi connectivity index (χ0n) is 24.5. The summed E-state index contributed by atoms with van der Waals surface area (Å²) in [5.74, 6) is -1.48. The number of halogens is 1. The van der Waals surface area contributed by atoms with Crippen LogP contribution >= 0.6 is 11.6 Å². The van der Waals surface area contributed by atoms with Crippen molar-refractivity contribution in [3.63, 3.8) is 0 Å². The molecule has 1 aliphatic rings. The third-order valence-electron chi connectivity index (χ3n) is 7.71. The molecule has 9 heteroatoms. The van der Waals surface area contributed by atoms with Gasteiger partial charge >= 0.3 is 12.0 Å². The number of aromatic nitrogens is 2. The maximum absolute atomic E-state index is 13.9. The number of aryl methyl sites for hydroxylation is 3. The number of carboxylic acids is 1. The number of benzene rings is 3. The lowest BCUT2D eigenvalue weighted by Gasteiger charge is -2.39. The van der Waals surface area contributed by atoms with Crippen LogP contribution in [-0.2, 0) is 28.1 Å². The fourth-order valence-corrected chi connectivity index (χ4v) is 5.84. The van der Waals surface area contributed by atoms with Gasteiger partial charge in [-0.2, -0.15) is 0 Å². The Morgan fingerprint density at radius 3 is 2.35 bits per heavy atom. The van der Waals surface area contributed by atoms with E-state index >= 15 is 0 Å².